The van der Waals surface area contributed by atoms with E-state index >= 15 is 0 Å². The van der Waals surface area contributed by atoms with Crippen LogP contribution in [0.2, 0.25) is 0 Å². The van der Waals surface area contributed by atoms with Gasteiger partial charge in [0.2, 0.25) is 11.8 Å². The van der Waals surface area contributed by atoms with Crippen LogP contribution in [0, 0.1) is 11.2 Å². The van der Waals surface area contributed by atoms with Crippen molar-refractivity contribution >= 4 is 29.2 Å². The van der Waals surface area contributed by atoms with Crippen molar-refractivity contribution in [1.82, 2.24) is 9.80 Å². The van der Waals surface area contributed by atoms with Crippen LogP contribution in [-0.2, 0) is 16.0 Å². The largest absolute Gasteiger partial charge is 0.365 e. The number of urea groups is 1. The lowest BCUT2D eigenvalue weighted by Crippen LogP contribution is -2.75. The number of fused-ring (bicyclic) bond motifs is 4. The van der Waals surface area contributed by atoms with Crippen molar-refractivity contribution in [3.05, 3.63) is 59.9 Å². The van der Waals surface area contributed by atoms with Crippen molar-refractivity contribution in [2.24, 2.45) is 5.41 Å². The molecule has 3 heterocycles. The van der Waals surface area contributed by atoms with Crippen molar-refractivity contribution in [2.45, 2.75) is 26.3 Å². The maximum atomic E-state index is 14.7. The van der Waals surface area contributed by atoms with Gasteiger partial charge in [-0.15, -0.1) is 0 Å². The first-order valence-corrected chi connectivity index (χ1v) is 11.5. The SMILES string of the molecule is CCN1C(=O)N(CC)C(=O)C2(Cc3ccccc3N3CCN(c4ccccc4F)C[C@@H]32)C1=O. The van der Waals surface area contributed by atoms with E-state index in [9.17, 15) is 18.8 Å². The number of carbonyl (C=O) groups is 3. The van der Waals surface area contributed by atoms with Gasteiger partial charge in [0.15, 0.2) is 5.41 Å². The molecule has 0 unspecified atom stereocenters. The molecule has 3 aliphatic rings. The van der Waals surface area contributed by atoms with Gasteiger partial charge >= 0.3 is 6.03 Å². The van der Waals surface area contributed by atoms with E-state index in [-0.39, 0.29) is 25.3 Å². The molecule has 0 aromatic heterocycles. The van der Waals surface area contributed by atoms with E-state index in [1.807, 2.05) is 29.2 Å². The number of piperazine rings is 1. The monoisotopic (exact) mass is 450 g/mol. The highest BCUT2D eigenvalue weighted by atomic mass is 19.1. The first kappa shape index (κ1) is 21.4. The van der Waals surface area contributed by atoms with Crippen LogP contribution in [0.3, 0.4) is 0 Å². The molecule has 0 N–H and O–H groups in total. The first-order valence-electron chi connectivity index (χ1n) is 11.5. The zero-order valence-corrected chi connectivity index (χ0v) is 18.8. The maximum Gasteiger partial charge on any atom is 0.333 e. The molecule has 2 saturated heterocycles. The van der Waals surface area contributed by atoms with Crippen molar-refractivity contribution < 1.29 is 18.8 Å². The number of hydrogen-bond donors (Lipinski definition) is 0. The van der Waals surface area contributed by atoms with E-state index in [4.69, 9.17) is 0 Å². The summed E-state index contributed by atoms with van der Waals surface area (Å²) in [5.41, 5.74) is 0.914. The number of carbonyl (C=O) groups excluding carboxylic acids is 3. The molecule has 7 nitrogen and oxygen atoms in total. The average Bonchev–Trinajstić information content (AvgIpc) is 2.83. The number of imide groups is 2. The average molecular weight is 451 g/mol. The minimum atomic E-state index is -1.45. The van der Waals surface area contributed by atoms with E-state index < -0.39 is 29.3 Å². The van der Waals surface area contributed by atoms with Crippen LogP contribution < -0.4 is 9.80 Å². The molecule has 1 spiro atoms. The van der Waals surface area contributed by atoms with E-state index in [0.29, 0.717) is 25.3 Å². The zero-order chi connectivity index (χ0) is 23.3. The summed E-state index contributed by atoms with van der Waals surface area (Å²) in [6.07, 6.45) is 0.216. The summed E-state index contributed by atoms with van der Waals surface area (Å²) in [6, 6.07) is 13.3. The van der Waals surface area contributed by atoms with Crippen molar-refractivity contribution in [1.29, 1.82) is 0 Å². The highest BCUT2D eigenvalue weighted by Crippen LogP contribution is 2.47. The molecule has 0 radical (unpaired) electrons. The molecule has 2 aromatic rings. The fourth-order valence-electron chi connectivity index (χ4n) is 5.67. The Morgan fingerprint density at radius 3 is 2.12 bits per heavy atom. The molecule has 5 rings (SSSR count). The molecular formula is C25H27FN4O3. The lowest BCUT2D eigenvalue weighted by Gasteiger charge is -2.57. The smallest absolute Gasteiger partial charge is 0.333 e. The third kappa shape index (κ3) is 2.96. The van der Waals surface area contributed by atoms with Crippen LogP contribution in [0.15, 0.2) is 48.5 Å². The van der Waals surface area contributed by atoms with Crippen LogP contribution in [0.5, 0.6) is 0 Å². The molecule has 172 valence electrons. The minimum Gasteiger partial charge on any atom is -0.365 e. The van der Waals surface area contributed by atoms with Crippen LogP contribution in [-0.4, -0.2) is 66.4 Å². The number of nitrogens with zero attached hydrogens (tertiary/aromatic N) is 4. The van der Waals surface area contributed by atoms with Gasteiger partial charge < -0.3 is 9.80 Å². The number of benzene rings is 2. The van der Waals surface area contributed by atoms with Gasteiger partial charge in [0.1, 0.15) is 5.82 Å². The highest BCUT2D eigenvalue weighted by Gasteiger charge is 2.64. The second-order valence-corrected chi connectivity index (χ2v) is 8.76. The van der Waals surface area contributed by atoms with Gasteiger partial charge in [-0.25, -0.2) is 9.18 Å². The minimum absolute atomic E-state index is 0.189. The number of rotatable bonds is 3. The molecule has 0 bridgehead atoms. The van der Waals surface area contributed by atoms with Gasteiger partial charge in [0.25, 0.3) is 0 Å². The van der Waals surface area contributed by atoms with Gasteiger partial charge in [-0.2, -0.15) is 0 Å². The quantitative estimate of drug-likeness (QED) is 0.673. The number of amides is 4. The summed E-state index contributed by atoms with van der Waals surface area (Å²) in [5, 5.41) is 0. The van der Waals surface area contributed by atoms with E-state index in [1.54, 1.807) is 32.0 Å². The number of halogens is 1. The summed E-state index contributed by atoms with van der Waals surface area (Å²) in [7, 11) is 0. The summed E-state index contributed by atoms with van der Waals surface area (Å²) >= 11 is 0. The zero-order valence-electron chi connectivity index (χ0n) is 18.8. The maximum absolute atomic E-state index is 14.7. The number of anilines is 2. The standard InChI is InChI=1S/C25H27FN4O3/c1-3-28-22(31)25(23(32)29(4-2)24(28)33)15-17-9-5-7-11-19(17)30-14-13-27(16-21(25)30)20-12-8-6-10-18(20)26/h5-12,21H,3-4,13-16H2,1-2H3/t21-/m1/s1. The molecule has 0 aliphatic carbocycles. The summed E-state index contributed by atoms with van der Waals surface area (Å²) in [4.78, 5) is 47.2. The Bertz CT molecular complexity index is 1110. The van der Waals surface area contributed by atoms with E-state index in [0.717, 1.165) is 11.3 Å². The second-order valence-electron chi connectivity index (χ2n) is 8.76. The third-order valence-corrected chi connectivity index (χ3v) is 7.26. The van der Waals surface area contributed by atoms with E-state index in [2.05, 4.69) is 4.90 Å². The van der Waals surface area contributed by atoms with Crippen LogP contribution >= 0.6 is 0 Å². The van der Waals surface area contributed by atoms with Crippen LogP contribution in [0.25, 0.3) is 0 Å². The predicted octanol–water partition coefficient (Wildman–Crippen LogP) is 2.89. The Morgan fingerprint density at radius 2 is 1.48 bits per heavy atom. The highest BCUT2D eigenvalue weighted by molar-refractivity contribution is 6.20. The fourth-order valence-corrected chi connectivity index (χ4v) is 5.67. The summed E-state index contributed by atoms with van der Waals surface area (Å²) in [5.74, 6) is -1.24. The van der Waals surface area contributed by atoms with Crippen LogP contribution in [0.1, 0.15) is 19.4 Å². The lowest BCUT2D eigenvalue weighted by molar-refractivity contribution is -0.160. The molecule has 2 fully saturated rings. The lowest BCUT2D eigenvalue weighted by atomic mass is 9.67. The van der Waals surface area contributed by atoms with Gasteiger partial charge in [-0.3, -0.25) is 19.4 Å². The van der Waals surface area contributed by atoms with Gasteiger partial charge in [-0.05, 0) is 44.0 Å². The Morgan fingerprint density at radius 1 is 0.879 bits per heavy atom. The Balaban J connectivity index is 1.67. The topological polar surface area (TPSA) is 64.2 Å². The number of barbiturate groups is 1. The normalized spacial score (nSPS) is 22.0. The third-order valence-electron chi connectivity index (χ3n) is 7.26. The first-order chi connectivity index (χ1) is 15.9. The van der Waals surface area contributed by atoms with Crippen molar-refractivity contribution in [3.63, 3.8) is 0 Å². The molecule has 0 saturated carbocycles. The summed E-state index contributed by atoms with van der Waals surface area (Å²) in [6.45, 7) is 5.25. The fraction of sp³-hybridized carbons (Fsp3) is 0.400. The molecule has 33 heavy (non-hydrogen) atoms. The Labute approximate surface area is 192 Å². The van der Waals surface area contributed by atoms with Crippen molar-refractivity contribution in [2.75, 3.05) is 42.5 Å². The predicted molar refractivity (Wildman–Crippen MR) is 122 cm³/mol. The molecule has 3 aliphatic heterocycles. The van der Waals surface area contributed by atoms with Crippen molar-refractivity contribution in [3.8, 4) is 0 Å². The molecule has 1 atom stereocenters. The number of hydrogen-bond acceptors (Lipinski definition) is 5. The van der Waals surface area contributed by atoms with Gasteiger partial charge in [0, 0.05) is 38.4 Å². The number of para-hydroxylation sites is 2. The molecular weight excluding hydrogens is 423 g/mol. The summed E-state index contributed by atoms with van der Waals surface area (Å²) < 4.78 is 14.7. The Kier molecular flexibility index (Phi) is 5.11. The molecule has 2 aromatic carbocycles. The van der Waals surface area contributed by atoms with Gasteiger partial charge in [-0.1, -0.05) is 30.3 Å². The molecule has 4 amide bonds. The second kappa shape index (κ2) is 7.86. The van der Waals surface area contributed by atoms with Gasteiger partial charge in [0.05, 0.1) is 11.7 Å². The Hall–Kier alpha value is -3.42. The molecule has 8 heteroatoms. The van der Waals surface area contributed by atoms with Crippen LogP contribution in [0.4, 0.5) is 20.6 Å². The van der Waals surface area contributed by atoms with E-state index in [1.165, 1.54) is 15.9 Å².